The van der Waals surface area contributed by atoms with Gasteiger partial charge in [0.15, 0.2) is 6.61 Å². The molecular weight excluding hydrogens is 391 g/mol. The van der Waals surface area contributed by atoms with Gasteiger partial charge in [-0.1, -0.05) is 6.07 Å². The van der Waals surface area contributed by atoms with Crippen molar-refractivity contribution in [1.82, 2.24) is 9.62 Å². The molecule has 0 aromatic heterocycles. The van der Waals surface area contributed by atoms with Gasteiger partial charge in [-0.05, 0) is 18.2 Å². The largest absolute Gasteiger partial charge is 0.455 e. The third kappa shape index (κ3) is 7.24. The van der Waals surface area contributed by atoms with Crippen LogP contribution >= 0.6 is 0 Å². The lowest BCUT2D eigenvalue weighted by Gasteiger charge is -2.15. The number of nitrogens with zero attached hydrogens (tertiary/aromatic N) is 2. The topological polar surface area (TPSA) is 117 Å². The van der Waals surface area contributed by atoms with Crippen molar-refractivity contribution >= 4 is 21.9 Å². The van der Waals surface area contributed by atoms with Crippen LogP contribution in [0.4, 0.5) is 13.2 Å². The molecule has 148 valence electrons. The minimum absolute atomic E-state index is 0.0903. The molecule has 27 heavy (non-hydrogen) atoms. The second-order valence-electron chi connectivity index (χ2n) is 5.23. The Bertz CT molecular complexity index is 834. The average Bonchev–Trinajstić information content (AvgIpc) is 2.61. The highest BCUT2D eigenvalue weighted by molar-refractivity contribution is 7.89. The average molecular weight is 407 g/mol. The van der Waals surface area contributed by atoms with Crippen LogP contribution in [-0.4, -0.2) is 51.9 Å². The minimum atomic E-state index is -4.72. The first-order chi connectivity index (χ1) is 12.5. The van der Waals surface area contributed by atoms with E-state index in [4.69, 9.17) is 5.26 Å². The Morgan fingerprint density at radius 2 is 2.00 bits per heavy atom. The minimum Gasteiger partial charge on any atom is -0.455 e. The third-order valence-electron chi connectivity index (χ3n) is 3.22. The summed E-state index contributed by atoms with van der Waals surface area (Å²) in [5.74, 6) is -1.69. The fraction of sp³-hybridized carbons (Fsp3) is 0.400. The normalized spacial score (nSPS) is 11.5. The number of hydrogen-bond donors (Lipinski definition) is 1. The Balaban J connectivity index is 2.60. The van der Waals surface area contributed by atoms with Crippen LogP contribution < -0.4 is 4.72 Å². The fourth-order valence-corrected chi connectivity index (χ4v) is 2.74. The zero-order valence-electron chi connectivity index (χ0n) is 14.1. The summed E-state index contributed by atoms with van der Waals surface area (Å²) in [7, 11) is -2.99. The lowest BCUT2D eigenvalue weighted by atomic mass is 10.2. The molecule has 0 bridgehead atoms. The van der Waals surface area contributed by atoms with E-state index in [0.29, 0.717) is 12.1 Å². The molecule has 1 rings (SSSR count). The molecule has 0 saturated heterocycles. The summed E-state index contributed by atoms with van der Waals surface area (Å²) in [6, 6.07) is 4.84. The molecule has 12 heteroatoms. The molecule has 1 aromatic rings. The first-order valence-corrected chi connectivity index (χ1v) is 8.89. The zero-order valence-corrected chi connectivity index (χ0v) is 14.9. The van der Waals surface area contributed by atoms with E-state index in [1.165, 1.54) is 7.05 Å². The van der Waals surface area contributed by atoms with Crippen molar-refractivity contribution < 1.29 is 35.9 Å². The number of alkyl halides is 3. The Morgan fingerprint density at radius 3 is 2.59 bits per heavy atom. The lowest BCUT2D eigenvalue weighted by Crippen LogP contribution is -2.35. The predicted octanol–water partition coefficient (Wildman–Crippen LogP) is 0.899. The van der Waals surface area contributed by atoms with Crippen LogP contribution in [0.15, 0.2) is 29.2 Å². The van der Waals surface area contributed by atoms with Crippen molar-refractivity contribution in [2.24, 2.45) is 0 Å². The predicted molar refractivity (Wildman–Crippen MR) is 85.5 cm³/mol. The molecule has 0 fully saturated rings. The number of carbonyl (C=O) groups excluding carboxylic acids is 2. The summed E-state index contributed by atoms with van der Waals surface area (Å²) in [4.78, 5) is 23.6. The van der Waals surface area contributed by atoms with Crippen LogP contribution in [0.25, 0.3) is 0 Å². The number of hydrogen-bond acceptors (Lipinski definition) is 6. The first-order valence-electron chi connectivity index (χ1n) is 7.41. The molecule has 0 saturated carbocycles. The summed E-state index contributed by atoms with van der Waals surface area (Å²) in [6.45, 7) is -1.39. The van der Waals surface area contributed by atoms with Gasteiger partial charge in [-0.25, -0.2) is 8.42 Å². The number of nitrogens with one attached hydrogen (secondary N) is 1. The maximum Gasteiger partial charge on any atom is 0.416 e. The smallest absolute Gasteiger partial charge is 0.416 e. The molecule has 0 heterocycles. The second kappa shape index (κ2) is 9.33. The molecule has 1 N–H and O–H groups in total. The molecule has 0 atom stereocenters. The number of amides is 1. The molecule has 0 unspecified atom stereocenters. The zero-order chi connectivity index (χ0) is 20.7. The van der Waals surface area contributed by atoms with Gasteiger partial charge in [-0.3, -0.25) is 9.59 Å². The molecular formula is C15H16F3N3O5S. The van der Waals surface area contributed by atoms with Gasteiger partial charge in [0, 0.05) is 13.6 Å². The summed E-state index contributed by atoms with van der Waals surface area (Å²) in [5, 5.41) is 8.42. The van der Waals surface area contributed by atoms with E-state index < -0.39 is 51.7 Å². The number of carbonyl (C=O) groups is 2. The highest BCUT2D eigenvalue weighted by Crippen LogP contribution is 2.30. The van der Waals surface area contributed by atoms with Crippen LogP contribution in [0.1, 0.15) is 12.0 Å². The number of sulfonamides is 1. The van der Waals surface area contributed by atoms with Crippen LogP contribution in [0.2, 0.25) is 0 Å². The summed E-state index contributed by atoms with van der Waals surface area (Å²) >= 11 is 0. The SMILES string of the molecule is CN(CCC#N)C(=O)COC(=O)CNS(=O)(=O)c1cccc(C(F)(F)F)c1. The van der Waals surface area contributed by atoms with Gasteiger partial charge in [-0.15, -0.1) is 0 Å². The van der Waals surface area contributed by atoms with Crippen LogP contribution in [-0.2, 0) is 30.5 Å². The molecule has 1 aromatic carbocycles. The van der Waals surface area contributed by atoms with E-state index >= 15 is 0 Å². The van der Waals surface area contributed by atoms with Crippen LogP contribution in [0.5, 0.6) is 0 Å². The Morgan fingerprint density at radius 1 is 1.33 bits per heavy atom. The van der Waals surface area contributed by atoms with Gasteiger partial charge in [0.1, 0.15) is 6.54 Å². The quantitative estimate of drug-likeness (QED) is 0.640. The lowest BCUT2D eigenvalue weighted by molar-refractivity contribution is -0.150. The highest BCUT2D eigenvalue weighted by Gasteiger charge is 2.31. The van der Waals surface area contributed by atoms with Crippen LogP contribution in [0.3, 0.4) is 0 Å². The standard InChI is InChI=1S/C15H16F3N3O5S/c1-21(7-3-6-19)13(22)10-26-14(23)9-20-27(24,25)12-5-2-4-11(8-12)15(16,17)18/h2,4-5,8,20H,3,7,9-10H2,1H3. The molecule has 0 radical (unpaired) electrons. The number of nitriles is 1. The van der Waals surface area contributed by atoms with Crippen LogP contribution in [0, 0.1) is 11.3 Å². The van der Waals surface area contributed by atoms with Crippen molar-refractivity contribution in [1.29, 1.82) is 5.26 Å². The number of esters is 1. The van der Waals surface area contributed by atoms with Gasteiger partial charge in [0.05, 0.1) is 22.9 Å². The molecule has 0 aliphatic carbocycles. The number of likely N-dealkylation sites (N-methyl/N-ethyl adjacent to an activating group) is 1. The van der Waals surface area contributed by atoms with E-state index in [2.05, 4.69) is 4.74 Å². The summed E-state index contributed by atoms with van der Waals surface area (Å²) in [6.07, 6.45) is -4.63. The second-order valence-corrected chi connectivity index (χ2v) is 7.00. The summed E-state index contributed by atoms with van der Waals surface area (Å²) < 4.78 is 68.3. The Hall–Kier alpha value is -2.65. The Labute approximate surface area is 153 Å². The molecule has 0 aliphatic heterocycles. The number of ether oxygens (including phenoxy) is 1. The first kappa shape index (κ1) is 22.4. The van der Waals surface area contributed by atoms with E-state index in [9.17, 15) is 31.2 Å². The maximum absolute atomic E-state index is 12.6. The van der Waals surface area contributed by atoms with Gasteiger partial charge < -0.3 is 9.64 Å². The van der Waals surface area contributed by atoms with E-state index in [1.807, 2.05) is 6.07 Å². The molecule has 1 amide bonds. The van der Waals surface area contributed by atoms with E-state index in [1.54, 1.807) is 4.72 Å². The van der Waals surface area contributed by atoms with Gasteiger partial charge in [0.25, 0.3) is 5.91 Å². The van der Waals surface area contributed by atoms with Gasteiger partial charge in [-0.2, -0.15) is 23.2 Å². The Kier molecular flexibility index (Phi) is 7.74. The summed E-state index contributed by atoms with van der Waals surface area (Å²) in [5.41, 5.74) is -1.15. The van der Waals surface area contributed by atoms with E-state index in [0.717, 1.165) is 17.0 Å². The van der Waals surface area contributed by atoms with Gasteiger partial charge in [0.2, 0.25) is 10.0 Å². The van der Waals surface area contributed by atoms with Gasteiger partial charge >= 0.3 is 12.1 Å². The third-order valence-corrected chi connectivity index (χ3v) is 4.62. The van der Waals surface area contributed by atoms with Crippen molar-refractivity contribution in [3.8, 4) is 6.07 Å². The number of benzene rings is 1. The van der Waals surface area contributed by atoms with Crippen molar-refractivity contribution in [2.75, 3.05) is 26.7 Å². The monoisotopic (exact) mass is 407 g/mol. The molecule has 0 spiro atoms. The fourth-order valence-electron chi connectivity index (χ4n) is 1.72. The van der Waals surface area contributed by atoms with Crippen molar-refractivity contribution in [2.45, 2.75) is 17.5 Å². The highest BCUT2D eigenvalue weighted by atomic mass is 32.2. The van der Waals surface area contributed by atoms with Crippen molar-refractivity contribution in [3.63, 3.8) is 0 Å². The molecule has 0 aliphatic rings. The number of halogens is 3. The van der Waals surface area contributed by atoms with Crippen molar-refractivity contribution in [3.05, 3.63) is 29.8 Å². The van der Waals surface area contributed by atoms with E-state index in [-0.39, 0.29) is 13.0 Å². The maximum atomic E-state index is 12.6. The number of rotatable bonds is 8. The molecule has 8 nitrogen and oxygen atoms in total.